The fourth-order valence-corrected chi connectivity index (χ4v) is 5.92. The maximum atomic E-state index is 13.3. The lowest BCUT2D eigenvalue weighted by molar-refractivity contribution is -0.123. The summed E-state index contributed by atoms with van der Waals surface area (Å²) in [5.74, 6) is -0.470. The molecule has 0 spiro atoms. The second-order valence-electron chi connectivity index (χ2n) is 8.20. The average Bonchev–Trinajstić information content (AvgIpc) is 3.28. The second kappa shape index (κ2) is 10.9. The highest BCUT2D eigenvalue weighted by Crippen LogP contribution is 2.26. The monoisotopic (exact) mass is 498 g/mol. The van der Waals surface area contributed by atoms with Crippen molar-refractivity contribution in [1.82, 2.24) is 14.6 Å². The predicted octanol–water partition coefficient (Wildman–Crippen LogP) is 4.50. The van der Waals surface area contributed by atoms with E-state index in [0.29, 0.717) is 11.3 Å². The molecule has 0 saturated carbocycles. The van der Waals surface area contributed by atoms with E-state index in [1.54, 1.807) is 42.0 Å². The normalized spacial score (nSPS) is 14.1. The van der Waals surface area contributed by atoms with Crippen LogP contribution in [0.1, 0.15) is 49.2 Å². The van der Waals surface area contributed by atoms with Gasteiger partial charge < -0.3 is 9.88 Å². The van der Waals surface area contributed by atoms with Crippen LogP contribution in [-0.4, -0.2) is 24.9 Å². The van der Waals surface area contributed by atoms with Crippen molar-refractivity contribution in [2.45, 2.75) is 50.2 Å². The summed E-state index contributed by atoms with van der Waals surface area (Å²) in [6, 6.07) is 18.0. The van der Waals surface area contributed by atoms with E-state index in [0.717, 1.165) is 5.56 Å². The van der Waals surface area contributed by atoms with Crippen molar-refractivity contribution in [3.05, 3.63) is 88.7 Å². The SMILES string of the molecule is Cc1cccc(Cl)c1S(=O)(=O)NC(CC(C)n1cccc1C#N)C(=O)N[C@@H](C)c1ccccc1. The van der Waals surface area contributed by atoms with Crippen LogP contribution in [0.2, 0.25) is 5.02 Å². The minimum absolute atomic E-state index is 0.0584. The molecule has 1 heterocycles. The lowest BCUT2D eigenvalue weighted by Crippen LogP contribution is -2.48. The standard InChI is InChI=1S/C25H27ClN4O3S/c1-17-9-7-13-22(26)24(17)34(32,33)29-23(15-18(2)30-14-8-12-21(30)16-27)25(31)28-19(3)20-10-5-4-6-11-20/h4-14,18-19,23,29H,15H2,1-3H3,(H,28,31)/t18?,19-,23?/m0/s1. The minimum atomic E-state index is -4.11. The Labute approximate surface area is 205 Å². The van der Waals surface area contributed by atoms with Crippen molar-refractivity contribution >= 4 is 27.5 Å². The number of rotatable bonds is 9. The molecule has 34 heavy (non-hydrogen) atoms. The van der Waals surface area contributed by atoms with Gasteiger partial charge in [-0.3, -0.25) is 4.79 Å². The van der Waals surface area contributed by atoms with Crippen molar-refractivity contribution in [2.75, 3.05) is 0 Å². The Morgan fingerprint density at radius 3 is 2.44 bits per heavy atom. The van der Waals surface area contributed by atoms with E-state index in [9.17, 15) is 18.5 Å². The van der Waals surface area contributed by atoms with Gasteiger partial charge in [-0.05, 0) is 56.5 Å². The number of nitrogens with one attached hydrogen (secondary N) is 2. The van der Waals surface area contributed by atoms with Crippen LogP contribution in [0.4, 0.5) is 0 Å². The topological polar surface area (TPSA) is 104 Å². The molecule has 0 radical (unpaired) electrons. The number of hydrogen-bond acceptors (Lipinski definition) is 4. The van der Waals surface area contributed by atoms with Crippen LogP contribution in [0, 0.1) is 18.3 Å². The van der Waals surface area contributed by atoms with Crippen molar-refractivity contribution in [3.8, 4) is 6.07 Å². The van der Waals surface area contributed by atoms with Gasteiger partial charge in [0, 0.05) is 12.2 Å². The molecule has 3 aromatic rings. The van der Waals surface area contributed by atoms with Crippen LogP contribution < -0.4 is 10.0 Å². The molecule has 3 atom stereocenters. The molecule has 0 aliphatic carbocycles. The zero-order chi connectivity index (χ0) is 24.9. The fourth-order valence-electron chi connectivity index (χ4n) is 3.88. The van der Waals surface area contributed by atoms with Crippen LogP contribution in [0.25, 0.3) is 0 Å². The molecule has 0 aliphatic heterocycles. The summed E-state index contributed by atoms with van der Waals surface area (Å²) in [5, 5.41) is 12.3. The first-order valence-electron chi connectivity index (χ1n) is 10.8. The molecule has 2 aromatic carbocycles. The maximum Gasteiger partial charge on any atom is 0.243 e. The number of amides is 1. The maximum absolute atomic E-state index is 13.3. The molecule has 2 unspecified atom stereocenters. The summed E-state index contributed by atoms with van der Waals surface area (Å²) in [6.07, 6.45) is 1.86. The third-order valence-electron chi connectivity index (χ3n) is 5.65. The summed E-state index contributed by atoms with van der Waals surface area (Å²) in [4.78, 5) is 13.3. The number of nitrogens with zero attached hydrogens (tertiary/aromatic N) is 2. The average molecular weight is 499 g/mol. The fraction of sp³-hybridized carbons (Fsp3) is 0.280. The molecular weight excluding hydrogens is 472 g/mol. The summed E-state index contributed by atoms with van der Waals surface area (Å²) in [5.41, 5.74) is 1.79. The quantitative estimate of drug-likeness (QED) is 0.453. The number of aromatic nitrogens is 1. The first kappa shape index (κ1) is 25.5. The van der Waals surface area contributed by atoms with Crippen molar-refractivity contribution in [3.63, 3.8) is 0 Å². The molecule has 0 fully saturated rings. The molecule has 3 rings (SSSR count). The van der Waals surface area contributed by atoms with Gasteiger partial charge in [0.05, 0.1) is 11.1 Å². The van der Waals surface area contributed by atoms with E-state index >= 15 is 0 Å². The minimum Gasteiger partial charge on any atom is -0.348 e. The highest BCUT2D eigenvalue weighted by atomic mass is 35.5. The van der Waals surface area contributed by atoms with Crippen LogP contribution >= 0.6 is 11.6 Å². The first-order chi connectivity index (χ1) is 16.1. The molecule has 178 valence electrons. The number of halogens is 1. The molecule has 1 amide bonds. The molecule has 2 N–H and O–H groups in total. The van der Waals surface area contributed by atoms with Gasteiger partial charge in [-0.1, -0.05) is 54.1 Å². The third-order valence-corrected chi connectivity index (χ3v) is 7.75. The van der Waals surface area contributed by atoms with Gasteiger partial charge in [0.1, 0.15) is 22.7 Å². The predicted molar refractivity (Wildman–Crippen MR) is 132 cm³/mol. The van der Waals surface area contributed by atoms with Crippen molar-refractivity contribution in [2.24, 2.45) is 0 Å². The number of hydrogen-bond donors (Lipinski definition) is 2. The van der Waals surface area contributed by atoms with Gasteiger partial charge in [-0.25, -0.2) is 8.42 Å². The van der Waals surface area contributed by atoms with Gasteiger partial charge in [0.15, 0.2) is 0 Å². The van der Waals surface area contributed by atoms with E-state index in [1.807, 2.05) is 44.2 Å². The number of sulfonamides is 1. The first-order valence-corrected chi connectivity index (χ1v) is 12.7. The summed E-state index contributed by atoms with van der Waals surface area (Å²) < 4.78 is 30.9. The van der Waals surface area contributed by atoms with Gasteiger partial charge >= 0.3 is 0 Å². The Morgan fingerprint density at radius 1 is 1.09 bits per heavy atom. The summed E-state index contributed by atoms with van der Waals surface area (Å²) in [6.45, 7) is 5.31. The van der Waals surface area contributed by atoms with E-state index in [2.05, 4.69) is 16.1 Å². The summed E-state index contributed by atoms with van der Waals surface area (Å²) >= 11 is 6.21. The molecule has 0 bridgehead atoms. The van der Waals surface area contributed by atoms with Crippen LogP contribution in [0.3, 0.4) is 0 Å². The van der Waals surface area contributed by atoms with E-state index < -0.39 is 22.0 Å². The number of carbonyl (C=O) groups is 1. The van der Waals surface area contributed by atoms with E-state index in [1.165, 1.54) is 6.07 Å². The van der Waals surface area contributed by atoms with Crippen molar-refractivity contribution < 1.29 is 13.2 Å². The largest absolute Gasteiger partial charge is 0.348 e. The zero-order valence-electron chi connectivity index (χ0n) is 19.2. The Bertz CT molecular complexity index is 1280. The highest BCUT2D eigenvalue weighted by Gasteiger charge is 2.31. The second-order valence-corrected chi connectivity index (χ2v) is 10.3. The lowest BCUT2D eigenvalue weighted by atomic mass is 10.1. The van der Waals surface area contributed by atoms with Gasteiger partial charge in [0.25, 0.3) is 0 Å². The third kappa shape index (κ3) is 5.86. The number of carbonyl (C=O) groups excluding carboxylic acids is 1. The smallest absolute Gasteiger partial charge is 0.243 e. The number of benzene rings is 2. The Hall–Kier alpha value is -3.12. The molecule has 1 aromatic heterocycles. The molecule has 9 heteroatoms. The molecule has 0 aliphatic rings. The molecular formula is C25H27ClN4O3S. The summed E-state index contributed by atoms with van der Waals surface area (Å²) in [7, 11) is -4.11. The van der Waals surface area contributed by atoms with Gasteiger partial charge in [-0.15, -0.1) is 0 Å². The van der Waals surface area contributed by atoms with Gasteiger partial charge in [0.2, 0.25) is 15.9 Å². The molecule has 0 saturated heterocycles. The Morgan fingerprint density at radius 2 is 1.79 bits per heavy atom. The van der Waals surface area contributed by atoms with Crippen molar-refractivity contribution in [1.29, 1.82) is 5.26 Å². The number of aryl methyl sites for hydroxylation is 1. The van der Waals surface area contributed by atoms with E-state index in [-0.39, 0.29) is 28.4 Å². The molecule has 7 nitrogen and oxygen atoms in total. The lowest BCUT2D eigenvalue weighted by Gasteiger charge is -2.25. The Kier molecular flexibility index (Phi) is 8.15. The van der Waals surface area contributed by atoms with Crippen LogP contribution in [0.5, 0.6) is 0 Å². The zero-order valence-corrected chi connectivity index (χ0v) is 20.8. The highest BCUT2D eigenvalue weighted by molar-refractivity contribution is 7.89. The Balaban J connectivity index is 1.91. The van der Waals surface area contributed by atoms with Gasteiger partial charge in [-0.2, -0.15) is 9.98 Å². The van der Waals surface area contributed by atoms with E-state index in [4.69, 9.17) is 11.6 Å². The van der Waals surface area contributed by atoms with Crippen LogP contribution in [0.15, 0.2) is 71.8 Å². The van der Waals surface area contributed by atoms with Crippen LogP contribution in [-0.2, 0) is 14.8 Å². The number of nitriles is 1.